The molecular weight excluding hydrogens is 272 g/mol. The predicted octanol–water partition coefficient (Wildman–Crippen LogP) is 4.18. The quantitative estimate of drug-likeness (QED) is 0.663. The molecule has 2 aromatic rings. The fourth-order valence-corrected chi connectivity index (χ4v) is 2.06. The van der Waals surface area contributed by atoms with Crippen molar-refractivity contribution < 1.29 is 4.79 Å². The summed E-state index contributed by atoms with van der Waals surface area (Å²) in [5.41, 5.74) is 5.13. The van der Waals surface area contributed by atoms with Crippen LogP contribution in [0.5, 0.6) is 0 Å². The third kappa shape index (κ3) is 3.98. The zero-order chi connectivity index (χ0) is 16.1. The van der Waals surface area contributed by atoms with Gasteiger partial charge in [0.25, 0.3) is 0 Å². The van der Waals surface area contributed by atoms with Gasteiger partial charge in [-0.1, -0.05) is 12.1 Å². The molecule has 0 aliphatic heterocycles. The van der Waals surface area contributed by atoms with E-state index >= 15 is 0 Å². The van der Waals surface area contributed by atoms with Crippen LogP contribution in [0.4, 0.5) is 11.4 Å². The molecule has 0 heterocycles. The van der Waals surface area contributed by atoms with E-state index in [0.717, 1.165) is 16.9 Å². The van der Waals surface area contributed by atoms with Crippen molar-refractivity contribution in [2.24, 2.45) is 0 Å². The zero-order valence-electron chi connectivity index (χ0n) is 13.6. The summed E-state index contributed by atoms with van der Waals surface area (Å²) in [7, 11) is 4.01. The third-order valence-electron chi connectivity index (χ3n) is 3.66. The van der Waals surface area contributed by atoms with E-state index in [9.17, 15) is 4.79 Å². The number of allylic oxidation sites excluding steroid dienone is 1. The lowest BCUT2D eigenvalue weighted by molar-refractivity contribution is 0.104. The smallest absolute Gasteiger partial charge is 0.187 e. The largest absolute Gasteiger partial charge is 0.378 e. The number of rotatable bonds is 5. The highest BCUT2D eigenvalue weighted by molar-refractivity contribution is 6.04. The van der Waals surface area contributed by atoms with Crippen LogP contribution in [0.25, 0.3) is 0 Å². The van der Waals surface area contributed by atoms with Crippen LogP contribution in [0.2, 0.25) is 0 Å². The Morgan fingerprint density at radius 1 is 1.00 bits per heavy atom. The average molecular weight is 294 g/mol. The SMILES string of the molecule is Cc1ccc(C(=O)/C=C/Nc2ccc(N(C)C)cc2)cc1C. The van der Waals surface area contributed by atoms with Crippen LogP contribution in [0.3, 0.4) is 0 Å². The van der Waals surface area contributed by atoms with E-state index in [1.807, 2.05) is 75.3 Å². The summed E-state index contributed by atoms with van der Waals surface area (Å²) in [6.07, 6.45) is 3.24. The highest BCUT2D eigenvalue weighted by Crippen LogP contribution is 2.16. The topological polar surface area (TPSA) is 32.3 Å². The van der Waals surface area contributed by atoms with Crippen LogP contribution >= 0.6 is 0 Å². The monoisotopic (exact) mass is 294 g/mol. The molecule has 3 heteroatoms. The van der Waals surface area contributed by atoms with Crippen LogP contribution in [0.1, 0.15) is 21.5 Å². The van der Waals surface area contributed by atoms with Gasteiger partial charge in [-0.2, -0.15) is 0 Å². The Kier molecular flexibility index (Phi) is 4.99. The van der Waals surface area contributed by atoms with Gasteiger partial charge < -0.3 is 10.2 Å². The lowest BCUT2D eigenvalue weighted by atomic mass is 10.0. The van der Waals surface area contributed by atoms with Crippen LogP contribution in [-0.2, 0) is 0 Å². The molecule has 0 unspecified atom stereocenters. The van der Waals surface area contributed by atoms with Crippen LogP contribution in [0, 0.1) is 13.8 Å². The summed E-state index contributed by atoms with van der Waals surface area (Å²) >= 11 is 0. The molecule has 0 radical (unpaired) electrons. The lowest BCUT2D eigenvalue weighted by Crippen LogP contribution is -2.08. The summed E-state index contributed by atoms with van der Waals surface area (Å²) < 4.78 is 0. The number of hydrogen-bond donors (Lipinski definition) is 1. The molecule has 114 valence electrons. The van der Waals surface area contributed by atoms with Gasteiger partial charge in [0.15, 0.2) is 5.78 Å². The Morgan fingerprint density at radius 3 is 2.27 bits per heavy atom. The highest BCUT2D eigenvalue weighted by atomic mass is 16.1. The van der Waals surface area contributed by atoms with Crippen molar-refractivity contribution in [3.63, 3.8) is 0 Å². The maximum atomic E-state index is 12.1. The molecule has 0 fully saturated rings. The number of benzene rings is 2. The summed E-state index contributed by atoms with van der Waals surface area (Å²) in [5, 5.41) is 3.12. The van der Waals surface area contributed by atoms with Gasteiger partial charge in [0.2, 0.25) is 0 Å². The summed E-state index contributed by atoms with van der Waals surface area (Å²) in [5.74, 6) is 0.000474. The molecule has 1 N–H and O–H groups in total. The van der Waals surface area contributed by atoms with E-state index in [-0.39, 0.29) is 5.78 Å². The number of aryl methyl sites for hydroxylation is 2. The summed E-state index contributed by atoms with van der Waals surface area (Å²) in [4.78, 5) is 14.2. The minimum Gasteiger partial charge on any atom is -0.378 e. The maximum absolute atomic E-state index is 12.1. The molecule has 0 amide bonds. The molecule has 0 saturated heterocycles. The first-order chi connectivity index (χ1) is 10.5. The minimum absolute atomic E-state index is 0.000474. The van der Waals surface area contributed by atoms with E-state index in [2.05, 4.69) is 5.32 Å². The molecule has 0 saturated carbocycles. The van der Waals surface area contributed by atoms with Crippen LogP contribution in [-0.4, -0.2) is 19.9 Å². The zero-order valence-corrected chi connectivity index (χ0v) is 13.6. The minimum atomic E-state index is 0.000474. The van der Waals surface area contributed by atoms with Crippen molar-refractivity contribution >= 4 is 17.2 Å². The predicted molar refractivity (Wildman–Crippen MR) is 93.8 cm³/mol. The van der Waals surface area contributed by atoms with Gasteiger partial charge in [-0.05, 0) is 55.3 Å². The van der Waals surface area contributed by atoms with E-state index in [1.165, 1.54) is 5.56 Å². The Hall–Kier alpha value is -2.55. The molecular formula is C19H22N2O. The summed E-state index contributed by atoms with van der Waals surface area (Å²) in [6, 6.07) is 13.8. The molecule has 0 aliphatic rings. The fraction of sp³-hybridized carbons (Fsp3) is 0.211. The fourth-order valence-electron chi connectivity index (χ4n) is 2.06. The molecule has 0 bridgehead atoms. The van der Waals surface area contributed by atoms with Crippen molar-refractivity contribution in [1.29, 1.82) is 0 Å². The first kappa shape index (κ1) is 15.8. The van der Waals surface area contributed by atoms with Crippen molar-refractivity contribution in [2.45, 2.75) is 13.8 Å². The normalized spacial score (nSPS) is 10.7. The lowest BCUT2D eigenvalue weighted by Gasteiger charge is -2.12. The second-order valence-electron chi connectivity index (χ2n) is 5.58. The third-order valence-corrected chi connectivity index (χ3v) is 3.66. The first-order valence-corrected chi connectivity index (χ1v) is 7.29. The second-order valence-corrected chi connectivity index (χ2v) is 5.58. The van der Waals surface area contributed by atoms with Gasteiger partial charge in [0, 0.05) is 43.3 Å². The van der Waals surface area contributed by atoms with Crippen molar-refractivity contribution in [2.75, 3.05) is 24.3 Å². The molecule has 0 aliphatic carbocycles. The Morgan fingerprint density at radius 2 is 1.68 bits per heavy atom. The molecule has 3 nitrogen and oxygen atoms in total. The van der Waals surface area contributed by atoms with E-state index in [1.54, 1.807) is 12.3 Å². The average Bonchev–Trinajstić information content (AvgIpc) is 2.50. The Balaban J connectivity index is 1.99. The number of ketones is 1. The van der Waals surface area contributed by atoms with Gasteiger partial charge >= 0.3 is 0 Å². The number of nitrogens with zero attached hydrogens (tertiary/aromatic N) is 1. The van der Waals surface area contributed by atoms with Gasteiger partial charge in [-0.25, -0.2) is 0 Å². The Bertz CT molecular complexity index is 685. The number of carbonyl (C=O) groups excluding carboxylic acids is 1. The van der Waals surface area contributed by atoms with Crippen LogP contribution < -0.4 is 10.2 Å². The molecule has 0 atom stereocenters. The highest BCUT2D eigenvalue weighted by Gasteiger charge is 2.03. The number of nitrogens with one attached hydrogen (secondary N) is 1. The number of carbonyl (C=O) groups is 1. The second kappa shape index (κ2) is 6.94. The van der Waals surface area contributed by atoms with Gasteiger partial charge in [-0.15, -0.1) is 0 Å². The van der Waals surface area contributed by atoms with Crippen molar-refractivity contribution in [3.8, 4) is 0 Å². The van der Waals surface area contributed by atoms with Crippen molar-refractivity contribution in [3.05, 3.63) is 71.4 Å². The van der Waals surface area contributed by atoms with E-state index in [4.69, 9.17) is 0 Å². The van der Waals surface area contributed by atoms with Gasteiger partial charge in [0.1, 0.15) is 0 Å². The Labute approximate surface area is 132 Å². The van der Waals surface area contributed by atoms with Gasteiger partial charge in [0.05, 0.1) is 0 Å². The van der Waals surface area contributed by atoms with E-state index in [0.29, 0.717) is 5.56 Å². The number of hydrogen-bond acceptors (Lipinski definition) is 3. The molecule has 0 spiro atoms. The maximum Gasteiger partial charge on any atom is 0.187 e. The van der Waals surface area contributed by atoms with Gasteiger partial charge in [-0.3, -0.25) is 4.79 Å². The van der Waals surface area contributed by atoms with E-state index < -0.39 is 0 Å². The van der Waals surface area contributed by atoms with Crippen molar-refractivity contribution in [1.82, 2.24) is 0 Å². The molecule has 0 aromatic heterocycles. The molecule has 2 aromatic carbocycles. The standard InChI is InChI=1S/C19H22N2O/c1-14-5-6-16(13-15(14)2)19(22)11-12-20-17-7-9-18(10-8-17)21(3)4/h5-13,20H,1-4H3/b12-11+. The van der Waals surface area contributed by atoms with Crippen LogP contribution in [0.15, 0.2) is 54.7 Å². The number of anilines is 2. The summed E-state index contributed by atoms with van der Waals surface area (Å²) in [6.45, 7) is 4.05. The first-order valence-electron chi connectivity index (χ1n) is 7.29. The molecule has 22 heavy (non-hydrogen) atoms. The molecule has 2 rings (SSSR count).